The molecule has 1 fully saturated rings. The number of allylic oxidation sites excluding steroid dienone is 2. The molecule has 2 N–H and O–H groups in total. The summed E-state index contributed by atoms with van der Waals surface area (Å²) < 4.78 is 5.48. The van der Waals surface area contributed by atoms with Gasteiger partial charge >= 0.3 is 0 Å². The fourth-order valence-corrected chi connectivity index (χ4v) is 6.63. The highest BCUT2D eigenvalue weighted by atomic mass is 16.6. The third-order valence-corrected chi connectivity index (χ3v) is 9.56. The van der Waals surface area contributed by atoms with Crippen LogP contribution in [0.25, 0.3) is 16.5 Å². The van der Waals surface area contributed by atoms with Crippen molar-refractivity contribution in [2.75, 3.05) is 6.61 Å². The quantitative estimate of drug-likeness (QED) is 0.169. The number of hydrogen-bond acceptors (Lipinski definition) is 5. The Labute approximate surface area is 269 Å². The van der Waals surface area contributed by atoms with Crippen LogP contribution in [-0.4, -0.2) is 46.5 Å². The van der Waals surface area contributed by atoms with Crippen LogP contribution in [-0.2, 0) is 43.2 Å². The lowest BCUT2D eigenvalue weighted by molar-refractivity contribution is -0.134. The van der Waals surface area contributed by atoms with Crippen LogP contribution >= 0.6 is 0 Å². The van der Waals surface area contributed by atoms with E-state index in [1.54, 1.807) is 13.8 Å². The fourth-order valence-electron chi connectivity index (χ4n) is 6.63. The first-order chi connectivity index (χ1) is 22.1. The molecular weight excluding hydrogens is 576 g/mol. The van der Waals surface area contributed by atoms with Gasteiger partial charge in [-0.2, -0.15) is 0 Å². The van der Waals surface area contributed by atoms with E-state index < -0.39 is 23.5 Å². The number of ether oxygens (including phenoxy) is 1. The second-order valence-electron chi connectivity index (χ2n) is 13.0. The Bertz CT molecular complexity index is 1830. The number of nitrogens with one attached hydrogen (secondary N) is 2. The maximum Gasteiger partial charge on any atom is 0.223 e. The molecule has 7 heteroatoms. The molecule has 4 atom stereocenters. The van der Waals surface area contributed by atoms with Crippen LogP contribution in [0.15, 0.2) is 90.6 Å². The lowest BCUT2D eigenvalue weighted by atomic mass is 9.83. The Kier molecular flexibility index (Phi) is 8.87. The molecule has 0 unspecified atom stereocenters. The van der Waals surface area contributed by atoms with Crippen molar-refractivity contribution in [3.8, 4) is 0 Å². The minimum atomic E-state index is -0.878. The van der Waals surface area contributed by atoms with Crippen molar-refractivity contribution in [2.24, 2.45) is 11.8 Å². The summed E-state index contributed by atoms with van der Waals surface area (Å²) in [6.07, 6.45) is 3.11. The molecule has 2 aliphatic rings. The van der Waals surface area contributed by atoms with E-state index in [0.29, 0.717) is 19.4 Å². The van der Waals surface area contributed by atoms with Gasteiger partial charge in [-0.05, 0) is 54.2 Å². The number of carbonyl (C=O) groups excluding carboxylic acids is 4. The average Bonchev–Trinajstić information content (AvgIpc) is 3.55. The number of rotatable bonds is 14. The van der Waals surface area contributed by atoms with Gasteiger partial charge in [0.25, 0.3) is 0 Å². The third-order valence-electron chi connectivity index (χ3n) is 9.56. The molecule has 1 saturated heterocycles. The Morgan fingerprint density at radius 2 is 1.61 bits per heavy atom. The third kappa shape index (κ3) is 6.65. The molecule has 0 saturated carbocycles. The summed E-state index contributed by atoms with van der Waals surface area (Å²) in [7, 11) is 0. The van der Waals surface area contributed by atoms with Gasteiger partial charge in [-0.25, -0.2) is 0 Å². The number of fused-ring (bicyclic) bond motifs is 2. The zero-order valence-corrected chi connectivity index (χ0v) is 26.6. The van der Waals surface area contributed by atoms with Gasteiger partial charge in [0.05, 0.1) is 12.6 Å². The van der Waals surface area contributed by atoms with Crippen LogP contribution in [0.5, 0.6) is 0 Å². The van der Waals surface area contributed by atoms with Gasteiger partial charge in [-0.15, -0.1) is 0 Å². The number of aromatic amines is 1. The van der Waals surface area contributed by atoms with Crippen molar-refractivity contribution in [3.63, 3.8) is 0 Å². The summed E-state index contributed by atoms with van der Waals surface area (Å²) in [5.41, 5.74) is 5.82. The molecule has 236 valence electrons. The molecule has 0 radical (unpaired) electrons. The molecule has 1 aliphatic heterocycles. The van der Waals surface area contributed by atoms with Crippen molar-refractivity contribution < 1.29 is 23.9 Å². The molecule has 0 spiro atoms. The topological polar surface area (TPSA) is 109 Å². The van der Waals surface area contributed by atoms with Crippen LogP contribution in [0.4, 0.5) is 0 Å². The molecule has 7 nitrogen and oxygen atoms in total. The first-order valence-electron chi connectivity index (χ1n) is 16.0. The monoisotopic (exact) mass is 616 g/mol. The van der Waals surface area contributed by atoms with E-state index in [1.807, 2.05) is 92.0 Å². The van der Waals surface area contributed by atoms with Crippen LogP contribution < -0.4 is 5.32 Å². The highest BCUT2D eigenvalue weighted by molar-refractivity contribution is 6.06. The SMILES string of the molecule is CC1=C(C(=O)C[C@H](C)C(=O)N[C@@H](Cc2c[nH]c3ccccc23)C(=O)C[C@@H](Cc2ccccc2)C(=O)[C@@]2(C)CO2)Cc2ccccc21. The molecule has 6 rings (SSSR count). The first kappa shape index (κ1) is 31.4. The van der Waals surface area contributed by atoms with E-state index in [9.17, 15) is 19.2 Å². The number of ketones is 3. The predicted octanol–water partition coefficient (Wildman–Crippen LogP) is 6.00. The van der Waals surface area contributed by atoms with E-state index in [-0.39, 0.29) is 42.5 Å². The molecule has 4 aromatic rings. The Morgan fingerprint density at radius 1 is 0.913 bits per heavy atom. The standard InChI is InChI=1S/C39H40N2O5/c1-24(17-35(42)32-19-27-13-7-8-14-30(27)25(32)2)38(45)41-34(20-29-22-40-33-16-10-9-15-31(29)33)36(43)21-28(37(44)39(3)23-46-39)18-26-11-5-4-6-12-26/h4-16,22,24,28,34,40H,17-21,23H2,1-3H3,(H,41,45)/t24-,28+,34-,39+/m0/s1. The van der Waals surface area contributed by atoms with Gasteiger partial charge in [0.2, 0.25) is 5.91 Å². The van der Waals surface area contributed by atoms with Crippen LogP contribution in [0.2, 0.25) is 0 Å². The highest BCUT2D eigenvalue weighted by Gasteiger charge is 2.50. The largest absolute Gasteiger partial charge is 0.362 e. The Hall–Kier alpha value is -4.62. The Balaban J connectivity index is 1.21. The molecular formula is C39H40N2O5. The second-order valence-corrected chi connectivity index (χ2v) is 13.0. The molecule has 46 heavy (non-hydrogen) atoms. The number of benzene rings is 3. The highest BCUT2D eigenvalue weighted by Crippen LogP contribution is 2.35. The van der Waals surface area contributed by atoms with Crippen molar-refractivity contribution >= 4 is 39.7 Å². The van der Waals surface area contributed by atoms with E-state index in [2.05, 4.69) is 10.3 Å². The average molecular weight is 617 g/mol. The van der Waals surface area contributed by atoms with E-state index in [0.717, 1.165) is 44.3 Å². The lowest BCUT2D eigenvalue weighted by Crippen LogP contribution is -2.46. The molecule has 3 aromatic carbocycles. The van der Waals surface area contributed by atoms with Gasteiger partial charge in [-0.1, -0.05) is 79.7 Å². The van der Waals surface area contributed by atoms with Crippen LogP contribution in [0.3, 0.4) is 0 Å². The minimum Gasteiger partial charge on any atom is -0.362 e. The molecule has 1 amide bonds. The predicted molar refractivity (Wildman–Crippen MR) is 178 cm³/mol. The van der Waals surface area contributed by atoms with Crippen LogP contribution in [0, 0.1) is 11.8 Å². The number of epoxide rings is 1. The fraction of sp³-hybridized carbons (Fsp3) is 0.333. The summed E-state index contributed by atoms with van der Waals surface area (Å²) >= 11 is 0. The van der Waals surface area contributed by atoms with Crippen molar-refractivity contribution in [3.05, 3.63) is 113 Å². The van der Waals surface area contributed by atoms with Gasteiger partial charge in [0.15, 0.2) is 17.3 Å². The smallest absolute Gasteiger partial charge is 0.223 e. The van der Waals surface area contributed by atoms with Gasteiger partial charge < -0.3 is 15.0 Å². The Morgan fingerprint density at radius 3 is 2.35 bits per heavy atom. The van der Waals surface area contributed by atoms with E-state index in [1.165, 1.54) is 0 Å². The normalized spacial score (nSPS) is 18.9. The lowest BCUT2D eigenvalue weighted by Gasteiger charge is -2.23. The van der Waals surface area contributed by atoms with Crippen molar-refractivity contribution in [2.45, 2.75) is 64.5 Å². The van der Waals surface area contributed by atoms with E-state index >= 15 is 0 Å². The number of H-pyrrole nitrogens is 1. The number of para-hydroxylation sites is 1. The number of hydrogen-bond donors (Lipinski definition) is 2. The summed E-state index contributed by atoms with van der Waals surface area (Å²) in [6.45, 7) is 5.79. The van der Waals surface area contributed by atoms with Crippen LogP contribution in [0.1, 0.15) is 55.9 Å². The van der Waals surface area contributed by atoms with Gasteiger partial charge in [-0.3, -0.25) is 19.2 Å². The number of amides is 1. The minimum absolute atomic E-state index is 0.0301. The summed E-state index contributed by atoms with van der Waals surface area (Å²) in [5, 5.41) is 3.96. The number of carbonyl (C=O) groups is 4. The summed E-state index contributed by atoms with van der Waals surface area (Å²) in [5.74, 6) is -1.97. The zero-order valence-electron chi connectivity index (χ0n) is 26.6. The maximum atomic E-state index is 14.1. The molecule has 1 aromatic heterocycles. The zero-order chi connectivity index (χ0) is 32.4. The molecule has 2 heterocycles. The number of Topliss-reactive ketones (excluding diaryl/α,β-unsaturated/α-hetero) is 3. The van der Waals surface area contributed by atoms with Gasteiger partial charge in [0, 0.05) is 60.2 Å². The first-order valence-corrected chi connectivity index (χ1v) is 16.0. The summed E-state index contributed by atoms with van der Waals surface area (Å²) in [4.78, 5) is 58.0. The van der Waals surface area contributed by atoms with Crippen molar-refractivity contribution in [1.29, 1.82) is 0 Å². The van der Waals surface area contributed by atoms with Crippen molar-refractivity contribution in [1.82, 2.24) is 10.3 Å². The maximum absolute atomic E-state index is 14.1. The number of aromatic nitrogens is 1. The second kappa shape index (κ2) is 13.0. The molecule has 0 bridgehead atoms. The molecule has 1 aliphatic carbocycles. The van der Waals surface area contributed by atoms with E-state index in [4.69, 9.17) is 4.74 Å². The summed E-state index contributed by atoms with van der Waals surface area (Å²) in [6, 6.07) is 24.6. The van der Waals surface area contributed by atoms with Gasteiger partial charge in [0.1, 0.15) is 5.60 Å².